The number of fused-ring (bicyclic) bond motifs is 1. The van der Waals surface area contributed by atoms with Gasteiger partial charge in [0.2, 0.25) is 0 Å². The number of anilines is 1. The van der Waals surface area contributed by atoms with E-state index in [1.165, 1.54) is 12.1 Å². The topological polar surface area (TPSA) is 62.2 Å². The summed E-state index contributed by atoms with van der Waals surface area (Å²) in [5.41, 5.74) is 3.85. The summed E-state index contributed by atoms with van der Waals surface area (Å²) < 4.78 is 13.0. The average Bonchev–Trinajstić information content (AvgIpc) is 2.56. The van der Waals surface area contributed by atoms with Gasteiger partial charge in [-0.1, -0.05) is 30.3 Å². The zero-order chi connectivity index (χ0) is 17.1. The van der Waals surface area contributed by atoms with Crippen LogP contribution < -0.4 is 5.32 Å². The van der Waals surface area contributed by atoms with E-state index < -0.39 is 5.97 Å². The molecule has 1 heterocycles. The molecule has 3 aromatic rings. The minimum absolute atomic E-state index is 0.102. The van der Waals surface area contributed by atoms with Crippen molar-refractivity contribution < 1.29 is 14.3 Å². The first-order chi connectivity index (χ1) is 11.5. The minimum atomic E-state index is -0.903. The SMILES string of the molecule is Cc1nc2ccccc2c(NCc2ccc(F)cc2)c1CC(=O)O. The van der Waals surface area contributed by atoms with Crippen molar-refractivity contribution in [3.05, 3.63) is 71.2 Å². The molecule has 122 valence electrons. The largest absolute Gasteiger partial charge is 0.481 e. The first kappa shape index (κ1) is 15.9. The number of benzene rings is 2. The number of hydrogen-bond acceptors (Lipinski definition) is 3. The average molecular weight is 324 g/mol. The van der Waals surface area contributed by atoms with Gasteiger partial charge in [0.05, 0.1) is 11.9 Å². The zero-order valence-corrected chi connectivity index (χ0v) is 13.2. The van der Waals surface area contributed by atoms with Crippen molar-refractivity contribution in [1.82, 2.24) is 4.98 Å². The molecule has 0 bridgehead atoms. The van der Waals surface area contributed by atoms with E-state index in [0.29, 0.717) is 17.8 Å². The summed E-state index contributed by atoms with van der Waals surface area (Å²) in [4.78, 5) is 15.7. The lowest BCUT2D eigenvalue weighted by Gasteiger charge is -2.16. The molecule has 1 aromatic heterocycles. The van der Waals surface area contributed by atoms with Gasteiger partial charge in [-0.05, 0) is 30.7 Å². The summed E-state index contributed by atoms with van der Waals surface area (Å²) in [5.74, 6) is -1.18. The smallest absolute Gasteiger partial charge is 0.307 e. The van der Waals surface area contributed by atoms with E-state index in [2.05, 4.69) is 10.3 Å². The van der Waals surface area contributed by atoms with Crippen molar-refractivity contribution in [2.24, 2.45) is 0 Å². The van der Waals surface area contributed by atoms with Gasteiger partial charge in [-0.25, -0.2) is 4.39 Å². The van der Waals surface area contributed by atoms with Crippen LogP contribution in [0.3, 0.4) is 0 Å². The third-order valence-electron chi connectivity index (χ3n) is 3.91. The maximum atomic E-state index is 13.0. The molecule has 0 fully saturated rings. The number of halogens is 1. The molecule has 2 aromatic carbocycles. The molecular formula is C19H17FN2O2. The predicted octanol–water partition coefficient (Wildman–Crippen LogP) is 3.92. The fraction of sp³-hybridized carbons (Fsp3) is 0.158. The molecule has 0 spiro atoms. The third kappa shape index (κ3) is 3.35. The number of aryl methyl sites for hydroxylation is 1. The van der Waals surface area contributed by atoms with Crippen LogP contribution in [-0.4, -0.2) is 16.1 Å². The molecule has 3 rings (SSSR count). The second-order valence-electron chi connectivity index (χ2n) is 5.62. The number of rotatable bonds is 5. The van der Waals surface area contributed by atoms with Gasteiger partial charge in [0, 0.05) is 28.9 Å². The van der Waals surface area contributed by atoms with Crippen molar-refractivity contribution in [3.8, 4) is 0 Å². The number of hydrogen-bond donors (Lipinski definition) is 2. The van der Waals surface area contributed by atoms with Gasteiger partial charge in [0.15, 0.2) is 0 Å². The maximum Gasteiger partial charge on any atom is 0.307 e. The van der Waals surface area contributed by atoms with Gasteiger partial charge in [0.1, 0.15) is 5.82 Å². The van der Waals surface area contributed by atoms with Crippen LogP contribution >= 0.6 is 0 Å². The molecule has 4 nitrogen and oxygen atoms in total. The standard InChI is InChI=1S/C19H17FN2O2/c1-12-16(10-18(23)24)19(15-4-2-3-5-17(15)22-12)21-11-13-6-8-14(20)9-7-13/h2-9H,10-11H2,1H3,(H,21,22)(H,23,24). The second kappa shape index (κ2) is 6.66. The molecule has 0 aliphatic rings. The Morgan fingerprint density at radius 3 is 2.58 bits per heavy atom. The number of aromatic nitrogens is 1. The van der Waals surface area contributed by atoms with Crippen LogP contribution in [0.25, 0.3) is 10.9 Å². The first-order valence-corrected chi connectivity index (χ1v) is 7.63. The lowest BCUT2D eigenvalue weighted by molar-refractivity contribution is -0.136. The molecule has 0 aliphatic carbocycles. The number of carboxylic acid groups (broad SMARTS) is 1. The molecule has 0 amide bonds. The molecule has 0 atom stereocenters. The fourth-order valence-corrected chi connectivity index (χ4v) is 2.74. The molecule has 0 radical (unpaired) electrons. The van der Waals surface area contributed by atoms with Gasteiger partial charge in [-0.15, -0.1) is 0 Å². The summed E-state index contributed by atoms with van der Waals surface area (Å²) in [7, 11) is 0. The van der Waals surface area contributed by atoms with Crippen LogP contribution in [-0.2, 0) is 17.8 Å². The van der Waals surface area contributed by atoms with Crippen molar-refractivity contribution in [3.63, 3.8) is 0 Å². The highest BCUT2D eigenvalue weighted by Gasteiger charge is 2.15. The van der Waals surface area contributed by atoms with Crippen molar-refractivity contribution >= 4 is 22.6 Å². The van der Waals surface area contributed by atoms with Gasteiger partial charge < -0.3 is 10.4 Å². The van der Waals surface area contributed by atoms with E-state index in [-0.39, 0.29) is 12.2 Å². The van der Waals surface area contributed by atoms with E-state index in [1.54, 1.807) is 12.1 Å². The van der Waals surface area contributed by atoms with Crippen molar-refractivity contribution in [1.29, 1.82) is 0 Å². The number of carbonyl (C=O) groups is 1. The summed E-state index contributed by atoms with van der Waals surface area (Å²) in [5, 5.41) is 13.4. The van der Waals surface area contributed by atoms with Crippen LogP contribution in [0.1, 0.15) is 16.8 Å². The van der Waals surface area contributed by atoms with E-state index >= 15 is 0 Å². The van der Waals surface area contributed by atoms with Gasteiger partial charge in [-0.2, -0.15) is 0 Å². The minimum Gasteiger partial charge on any atom is -0.481 e. The van der Waals surface area contributed by atoms with E-state index in [1.807, 2.05) is 31.2 Å². The Morgan fingerprint density at radius 2 is 1.88 bits per heavy atom. The van der Waals surface area contributed by atoms with Gasteiger partial charge in [-0.3, -0.25) is 9.78 Å². The molecule has 0 aliphatic heterocycles. The number of pyridine rings is 1. The molecule has 0 unspecified atom stereocenters. The summed E-state index contributed by atoms with van der Waals surface area (Å²) in [6, 6.07) is 13.8. The van der Waals surface area contributed by atoms with Crippen LogP contribution in [0.15, 0.2) is 48.5 Å². The molecule has 2 N–H and O–H groups in total. The lowest BCUT2D eigenvalue weighted by Crippen LogP contribution is -2.10. The molecule has 0 saturated heterocycles. The van der Waals surface area contributed by atoms with Crippen LogP contribution in [0.2, 0.25) is 0 Å². The number of nitrogens with zero attached hydrogens (tertiary/aromatic N) is 1. The highest BCUT2D eigenvalue weighted by molar-refractivity contribution is 5.94. The number of nitrogens with one attached hydrogen (secondary N) is 1. The van der Waals surface area contributed by atoms with Crippen molar-refractivity contribution in [2.75, 3.05) is 5.32 Å². The van der Waals surface area contributed by atoms with E-state index in [4.69, 9.17) is 0 Å². The summed E-state index contributed by atoms with van der Waals surface area (Å²) >= 11 is 0. The van der Waals surface area contributed by atoms with E-state index in [9.17, 15) is 14.3 Å². The van der Waals surface area contributed by atoms with Gasteiger partial charge >= 0.3 is 5.97 Å². The number of carboxylic acids is 1. The quantitative estimate of drug-likeness (QED) is 0.747. The monoisotopic (exact) mass is 324 g/mol. The number of aliphatic carboxylic acids is 1. The Labute approximate surface area is 139 Å². The third-order valence-corrected chi connectivity index (χ3v) is 3.91. The second-order valence-corrected chi connectivity index (χ2v) is 5.62. The molecule has 24 heavy (non-hydrogen) atoms. The van der Waals surface area contributed by atoms with Crippen LogP contribution in [0.4, 0.5) is 10.1 Å². The van der Waals surface area contributed by atoms with Crippen LogP contribution in [0.5, 0.6) is 0 Å². The zero-order valence-electron chi connectivity index (χ0n) is 13.2. The van der Waals surface area contributed by atoms with E-state index in [0.717, 1.165) is 22.2 Å². The maximum absolute atomic E-state index is 13.0. The van der Waals surface area contributed by atoms with Gasteiger partial charge in [0.25, 0.3) is 0 Å². The Balaban J connectivity index is 2.02. The Morgan fingerprint density at radius 1 is 1.17 bits per heavy atom. The lowest BCUT2D eigenvalue weighted by atomic mass is 10.0. The molecular weight excluding hydrogens is 307 g/mol. The van der Waals surface area contributed by atoms with Crippen LogP contribution in [0, 0.1) is 12.7 Å². The number of para-hydroxylation sites is 1. The predicted molar refractivity (Wildman–Crippen MR) is 91.5 cm³/mol. The highest BCUT2D eigenvalue weighted by Crippen LogP contribution is 2.29. The Kier molecular flexibility index (Phi) is 4.42. The summed E-state index contributed by atoms with van der Waals surface area (Å²) in [6.45, 7) is 2.29. The summed E-state index contributed by atoms with van der Waals surface area (Å²) in [6.07, 6.45) is -0.102. The Bertz CT molecular complexity index is 892. The normalized spacial score (nSPS) is 10.8. The first-order valence-electron chi connectivity index (χ1n) is 7.63. The Hall–Kier alpha value is -2.95. The fourth-order valence-electron chi connectivity index (χ4n) is 2.74. The molecule has 0 saturated carbocycles. The van der Waals surface area contributed by atoms with Crippen molar-refractivity contribution in [2.45, 2.75) is 19.9 Å². The highest BCUT2D eigenvalue weighted by atomic mass is 19.1. The molecule has 5 heteroatoms.